The fourth-order valence-electron chi connectivity index (χ4n) is 2.89. The summed E-state index contributed by atoms with van der Waals surface area (Å²) < 4.78 is 5.55. The second-order valence-electron chi connectivity index (χ2n) is 6.00. The molecule has 1 aromatic carbocycles. The zero-order valence-electron chi connectivity index (χ0n) is 14.0. The van der Waals surface area contributed by atoms with E-state index in [0.29, 0.717) is 18.7 Å². The van der Waals surface area contributed by atoms with E-state index in [1.807, 2.05) is 37.3 Å². The summed E-state index contributed by atoms with van der Waals surface area (Å²) in [5.41, 5.74) is 1.83. The number of ether oxygens (including phenoxy) is 1. The Morgan fingerprint density at radius 1 is 1.21 bits per heavy atom. The zero-order valence-corrected chi connectivity index (χ0v) is 14.0. The van der Waals surface area contributed by atoms with Gasteiger partial charge in [-0.15, -0.1) is 0 Å². The number of benzene rings is 1. The van der Waals surface area contributed by atoms with Crippen molar-refractivity contribution in [2.45, 2.75) is 25.4 Å². The van der Waals surface area contributed by atoms with Gasteiger partial charge in [-0.2, -0.15) is 0 Å². The molecule has 1 amide bonds. The van der Waals surface area contributed by atoms with Crippen molar-refractivity contribution >= 4 is 11.6 Å². The number of aromatic nitrogens is 2. The molecule has 1 aliphatic rings. The monoisotopic (exact) mass is 326 g/mol. The van der Waals surface area contributed by atoms with Crippen LogP contribution in [0.15, 0.2) is 36.5 Å². The number of carbonyl (C=O) groups excluding carboxylic acids is 1. The second kappa shape index (κ2) is 7.07. The van der Waals surface area contributed by atoms with Crippen molar-refractivity contribution in [3.8, 4) is 11.4 Å². The molecule has 0 atom stereocenters. The molecule has 0 aliphatic carbocycles. The molecule has 126 valence electrons. The molecule has 6 heteroatoms. The molecule has 2 N–H and O–H groups in total. The van der Waals surface area contributed by atoms with Crippen LogP contribution >= 0.6 is 0 Å². The minimum absolute atomic E-state index is 0.0916. The molecule has 0 radical (unpaired) electrons. The van der Waals surface area contributed by atoms with Gasteiger partial charge in [0.05, 0.1) is 0 Å². The molecule has 3 rings (SSSR count). The smallest absolute Gasteiger partial charge is 0.256 e. The lowest BCUT2D eigenvalue weighted by atomic mass is 9.91. The van der Waals surface area contributed by atoms with Crippen LogP contribution in [0.25, 0.3) is 11.4 Å². The highest BCUT2D eigenvalue weighted by Gasteiger charge is 2.39. The van der Waals surface area contributed by atoms with Gasteiger partial charge in [-0.05, 0) is 63.2 Å². The third-order valence-electron chi connectivity index (χ3n) is 4.41. The largest absolute Gasteiger partial charge is 0.368 e. The van der Waals surface area contributed by atoms with E-state index in [1.54, 1.807) is 13.3 Å². The number of nitrogens with zero attached hydrogens (tertiary/aromatic N) is 2. The van der Waals surface area contributed by atoms with Crippen molar-refractivity contribution in [3.05, 3.63) is 42.2 Å². The molecule has 0 spiro atoms. The Labute approximate surface area is 141 Å². The van der Waals surface area contributed by atoms with Gasteiger partial charge < -0.3 is 15.4 Å². The number of hydrogen-bond donors (Lipinski definition) is 2. The summed E-state index contributed by atoms with van der Waals surface area (Å²) in [4.78, 5) is 21.3. The van der Waals surface area contributed by atoms with E-state index in [0.717, 1.165) is 30.0 Å². The molecule has 6 nitrogen and oxygen atoms in total. The van der Waals surface area contributed by atoms with Crippen LogP contribution < -0.4 is 10.6 Å². The molecule has 1 saturated heterocycles. The average Bonchev–Trinajstić information content (AvgIpc) is 2.63. The van der Waals surface area contributed by atoms with Crippen LogP contribution in [-0.4, -0.2) is 41.7 Å². The maximum absolute atomic E-state index is 12.6. The molecule has 0 bridgehead atoms. The number of nitrogens with one attached hydrogen (secondary N) is 2. The normalized spacial score (nSPS) is 16.6. The first-order chi connectivity index (χ1) is 11.6. The number of amides is 1. The van der Waals surface area contributed by atoms with Gasteiger partial charge in [0.25, 0.3) is 5.91 Å². The summed E-state index contributed by atoms with van der Waals surface area (Å²) in [5, 5.41) is 6.21. The maximum Gasteiger partial charge on any atom is 0.256 e. The molecule has 2 aromatic rings. The van der Waals surface area contributed by atoms with Crippen LogP contribution in [0.1, 0.15) is 18.5 Å². The lowest BCUT2D eigenvalue weighted by molar-refractivity contribution is -0.140. The van der Waals surface area contributed by atoms with Gasteiger partial charge >= 0.3 is 0 Å². The van der Waals surface area contributed by atoms with Crippen LogP contribution in [0.5, 0.6) is 0 Å². The van der Waals surface area contributed by atoms with Gasteiger partial charge in [0.2, 0.25) is 0 Å². The Hall–Kier alpha value is -2.31. The van der Waals surface area contributed by atoms with Crippen molar-refractivity contribution in [1.29, 1.82) is 0 Å². The van der Waals surface area contributed by atoms with Crippen LogP contribution in [-0.2, 0) is 9.53 Å². The molecular weight excluding hydrogens is 304 g/mol. The van der Waals surface area contributed by atoms with Crippen molar-refractivity contribution in [2.75, 3.05) is 25.5 Å². The minimum atomic E-state index is -0.746. The summed E-state index contributed by atoms with van der Waals surface area (Å²) in [5.74, 6) is 0.589. The van der Waals surface area contributed by atoms with Gasteiger partial charge in [-0.25, -0.2) is 9.97 Å². The average molecular weight is 326 g/mol. The third kappa shape index (κ3) is 3.44. The van der Waals surface area contributed by atoms with Crippen LogP contribution in [0, 0.1) is 6.92 Å². The highest BCUT2D eigenvalue weighted by Crippen LogP contribution is 2.25. The topological polar surface area (TPSA) is 76.1 Å². The molecule has 0 saturated carbocycles. The van der Waals surface area contributed by atoms with E-state index in [2.05, 4.69) is 20.6 Å². The van der Waals surface area contributed by atoms with Crippen LogP contribution in [0.2, 0.25) is 0 Å². The number of carbonyl (C=O) groups is 1. The Balaban J connectivity index is 1.73. The number of hydrogen-bond acceptors (Lipinski definition) is 5. The molecular formula is C18H22N4O2. The van der Waals surface area contributed by atoms with Gasteiger partial charge in [0, 0.05) is 30.3 Å². The number of methoxy groups -OCH3 is 1. The first-order valence-corrected chi connectivity index (χ1v) is 8.10. The molecule has 1 fully saturated rings. The van der Waals surface area contributed by atoms with E-state index in [1.165, 1.54) is 0 Å². The minimum Gasteiger partial charge on any atom is -0.368 e. The number of piperidine rings is 1. The molecule has 24 heavy (non-hydrogen) atoms. The van der Waals surface area contributed by atoms with Crippen LogP contribution in [0.3, 0.4) is 0 Å². The van der Waals surface area contributed by atoms with E-state index < -0.39 is 5.60 Å². The lowest BCUT2D eigenvalue weighted by Crippen LogP contribution is -2.51. The predicted octanol–water partition coefficient (Wildman–Crippen LogP) is 2.16. The fourth-order valence-corrected chi connectivity index (χ4v) is 2.89. The van der Waals surface area contributed by atoms with Gasteiger partial charge in [0.15, 0.2) is 5.82 Å². The zero-order chi connectivity index (χ0) is 17.0. The number of rotatable bonds is 4. The Morgan fingerprint density at radius 2 is 1.92 bits per heavy atom. The first kappa shape index (κ1) is 16.5. The van der Waals surface area contributed by atoms with Crippen molar-refractivity contribution in [3.63, 3.8) is 0 Å². The van der Waals surface area contributed by atoms with Gasteiger partial charge in [-0.1, -0.05) is 0 Å². The van der Waals surface area contributed by atoms with Crippen molar-refractivity contribution in [2.24, 2.45) is 0 Å². The Bertz CT molecular complexity index is 709. The maximum atomic E-state index is 12.6. The van der Waals surface area contributed by atoms with Crippen molar-refractivity contribution < 1.29 is 9.53 Å². The summed E-state index contributed by atoms with van der Waals surface area (Å²) in [6.45, 7) is 3.50. The third-order valence-corrected chi connectivity index (χ3v) is 4.41. The SMILES string of the molecule is COC1(C(=O)Nc2ccc(-c3nccc(C)n3)cc2)CCNCC1. The van der Waals surface area contributed by atoms with Gasteiger partial charge in [0.1, 0.15) is 5.60 Å². The molecule has 2 heterocycles. The molecule has 1 aliphatic heterocycles. The standard InChI is InChI=1S/C18H22N4O2/c1-13-7-10-20-16(21-13)14-3-5-15(6-4-14)22-17(23)18(24-2)8-11-19-12-9-18/h3-7,10,19H,8-9,11-12H2,1-2H3,(H,22,23). The number of anilines is 1. The quantitative estimate of drug-likeness (QED) is 0.900. The summed E-state index contributed by atoms with van der Waals surface area (Å²) in [6, 6.07) is 9.41. The van der Waals surface area contributed by atoms with E-state index in [-0.39, 0.29) is 5.91 Å². The Morgan fingerprint density at radius 3 is 2.54 bits per heavy atom. The van der Waals surface area contributed by atoms with Crippen LogP contribution in [0.4, 0.5) is 5.69 Å². The summed E-state index contributed by atoms with van der Waals surface area (Å²) >= 11 is 0. The predicted molar refractivity (Wildman–Crippen MR) is 92.7 cm³/mol. The lowest BCUT2D eigenvalue weighted by Gasteiger charge is -2.34. The van der Waals surface area contributed by atoms with E-state index in [9.17, 15) is 4.79 Å². The van der Waals surface area contributed by atoms with Gasteiger partial charge in [-0.3, -0.25) is 4.79 Å². The molecule has 0 unspecified atom stereocenters. The molecule has 1 aromatic heterocycles. The summed E-state index contributed by atoms with van der Waals surface area (Å²) in [7, 11) is 1.60. The highest BCUT2D eigenvalue weighted by atomic mass is 16.5. The fraction of sp³-hybridized carbons (Fsp3) is 0.389. The first-order valence-electron chi connectivity index (χ1n) is 8.10. The Kier molecular flexibility index (Phi) is 4.87. The summed E-state index contributed by atoms with van der Waals surface area (Å²) in [6.07, 6.45) is 3.09. The van der Waals surface area contributed by atoms with E-state index in [4.69, 9.17) is 4.74 Å². The highest BCUT2D eigenvalue weighted by molar-refractivity contribution is 5.97. The van der Waals surface area contributed by atoms with Crippen molar-refractivity contribution in [1.82, 2.24) is 15.3 Å². The number of aryl methyl sites for hydroxylation is 1. The van der Waals surface area contributed by atoms with E-state index >= 15 is 0 Å². The second-order valence-corrected chi connectivity index (χ2v) is 6.00.